The van der Waals surface area contributed by atoms with Crippen LogP contribution in [-0.2, 0) is 13.6 Å². The molecule has 0 saturated carbocycles. The molecule has 0 aliphatic heterocycles. The van der Waals surface area contributed by atoms with Gasteiger partial charge in [0.05, 0.1) is 22.4 Å². The predicted octanol–water partition coefficient (Wildman–Crippen LogP) is 3.68. The molecule has 2 aromatic heterocycles. The van der Waals surface area contributed by atoms with Crippen molar-refractivity contribution in [2.45, 2.75) is 27.3 Å². The van der Waals surface area contributed by atoms with Crippen LogP contribution in [0.3, 0.4) is 0 Å². The van der Waals surface area contributed by atoms with Crippen molar-refractivity contribution in [3.63, 3.8) is 0 Å². The van der Waals surface area contributed by atoms with E-state index in [9.17, 15) is 4.79 Å². The Bertz CT molecular complexity index is 979. The van der Waals surface area contributed by atoms with E-state index in [4.69, 9.17) is 17.3 Å². The third kappa shape index (κ3) is 2.91. The zero-order valence-electron chi connectivity index (χ0n) is 14.3. The topological polar surface area (TPSA) is 65.8 Å². The number of benzene rings is 1. The van der Waals surface area contributed by atoms with Gasteiger partial charge < -0.3 is 5.73 Å². The number of hydrogen-bond acceptors (Lipinski definition) is 3. The lowest BCUT2D eigenvalue weighted by Gasteiger charge is -2.18. The maximum Gasteiger partial charge on any atom is 0.328 e. The van der Waals surface area contributed by atoms with E-state index in [1.165, 1.54) is 0 Å². The highest BCUT2D eigenvalue weighted by Gasteiger charge is 2.18. The molecule has 5 nitrogen and oxygen atoms in total. The number of imidazole rings is 1. The van der Waals surface area contributed by atoms with E-state index in [0.29, 0.717) is 12.2 Å². The van der Waals surface area contributed by atoms with Crippen LogP contribution in [0.4, 0.5) is 5.69 Å². The molecule has 3 rings (SSSR count). The molecule has 0 atom stereocenters. The van der Waals surface area contributed by atoms with Crippen LogP contribution in [0.15, 0.2) is 35.1 Å². The summed E-state index contributed by atoms with van der Waals surface area (Å²) >= 11 is 6.02. The first-order valence-corrected chi connectivity index (χ1v) is 8.17. The fraction of sp³-hybridized carbons (Fsp3) is 0.333. The maximum atomic E-state index is 12.6. The minimum absolute atomic E-state index is 0.0135. The van der Waals surface area contributed by atoms with E-state index in [1.54, 1.807) is 17.7 Å². The average Bonchev–Trinajstić information content (AvgIpc) is 2.73. The van der Waals surface area contributed by atoms with E-state index in [0.717, 1.165) is 22.3 Å². The third-order valence-corrected chi connectivity index (χ3v) is 4.25. The van der Waals surface area contributed by atoms with Gasteiger partial charge in [-0.1, -0.05) is 38.4 Å². The second-order valence-electron chi connectivity index (χ2n) is 7.27. The number of rotatable bonds is 2. The first-order valence-electron chi connectivity index (χ1n) is 7.79. The molecule has 24 heavy (non-hydrogen) atoms. The van der Waals surface area contributed by atoms with Crippen molar-refractivity contribution in [1.29, 1.82) is 0 Å². The van der Waals surface area contributed by atoms with Crippen LogP contribution >= 0.6 is 11.6 Å². The largest absolute Gasteiger partial charge is 0.396 e. The minimum atomic E-state index is -0.0135. The number of nitrogens with two attached hydrogens (primary N) is 1. The maximum absolute atomic E-state index is 12.6. The summed E-state index contributed by atoms with van der Waals surface area (Å²) in [4.78, 5) is 16.9. The predicted molar refractivity (Wildman–Crippen MR) is 99.3 cm³/mol. The molecular formula is C18H21ClN4O. The van der Waals surface area contributed by atoms with Gasteiger partial charge in [0.1, 0.15) is 0 Å². The number of hydrogen-bond donors (Lipinski definition) is 1. The fourth-order valence-electron chi connectivity index (χ4n) is 2.80. The third-order valence-electron chi connectivity index (χ3n) is 3.95. The van der Waals surface area contributed by atoms with Crippen LogP contribution in [-0.4, -0.2) is 14.1 Å². The van der Waals surface area contributed by atoms with Crippen LogP contribution < -0.4 is 11.4 Å². The summed E-state index contributed by atoms with van der Waals surface area (Å²) in [6.07, 6.45) is 0. The summed E-state index contributed by atoms with van der Waals surface area (Å²) in [6, 6.07) is 9.44. The molecule has 0 amide bonds. The number of aromatic nitrogens is 3. The highest BCUT2D eigenvalue weighted by Crippen LogP contribution is 2.27. The second kappa shape index (κ2) is 5.67. The molecule has 0 aliphatic rings. The van der Waals surface area contributed by atoms with E-state index < -0.39 is 0 Å². The quantitative estimate of drug-likeness (QED) is 0.721. The van der Waals surface area contributed by atoms with Gasteiger partial charge in [0.2, 0.25) is 0 Å². The molecule has 0 spiro atoms. The van der Waals surface area contributed by atoms with E-state index in [1.807, 2.05) is 28.8 Å². The smallest absolute Gasteiger partial charge is 0.328 e. The number of halogens is 1. The molecule has 0 radical (unpaired) electrons. The second-order valence-corrected chi connectivity index (χ2v) is 7.63. The standard InChI is InChI=1S/C18H21ClN4O/c1-18(2,3)10-23-14-8-5-11(9-15(14)22(4)17(23)24)13-7-6-12(20)16(19)21-13/h5-9H,10,20H2,1-4H3. The summed E-state index contributed by atoms with van der Waals surface area (Å²) in [7, 11) is 1.79. The molecule has 0 bridgehead atoms. The monoisotopic (exact) mass is 344 g/mol. The van der Waals surface area contributed by atoms with E-state index in [2.05, 4.69) is 25.8 Å². The molecule has 2 heterocycles. The van der Waals surface area contributed by atoms with Gasteiger partial charge in [-0.25, -0.2) is 9.78 Å². The fourth-order valence-corrected chi connectivity index (χ4v) is 2.95. The summed E-state index contributed by atoms with van der Waals surface area (Å²) < 4.78 is 3.49. The molecule has 2 N–H and O–H groups in total. The van der Waals surface area contributed by atoms with Crippen LogP contribution in [0, 0.1) is 5.41 Å². The number of nitrogens with zero attached hydrogens (tertiary/aromatic N) is 3. The van der Waals surface area contributed by atoms with Gasteiger partial charge in [-0.3, -0.25) is 9.13 Å². The first kappa shape index (κ1) is 16.6. The lowest BCUT2D eigenvalue weighted by atomic mass is 9.97. The zero-order valence-corrected chi connectivity index (χ0v) is 15.1. The molecule has 0 unspecified atom stereocenters. The van der Waals surface area contributed by atoms with Crippen molar-refractivity contribution in [1.82, 2.24) is 14.1 Å². The summed E-state index contributed by atoms with van der Waals surface area (Å²) in [5.74, 6) is 0. The molecule has 0 saturated heterocycles. The Morgan fingerprint density at radius 2 is 1.88 bits per heavy atom. The van der Waals surface area contributed by atoms with Gasteiger partial charge in [-0.15, -0.1) is 0 Å². The van der Waals surface area contributed by atoms with Gasteiger partial charge in [0.25, 0.3) is 0 Å². The molecule has 126 valence electrons. The number of fused-ring (bicyclic) bond motifs is 1. The van der Waals surface area contributed by atoms with Crippen LogP contribution in [0.25, 0.3) is 22.3 Å². The lowest BCUT2D eigenvalue weighted by molar-refractivity contribution is 0.342. The highest BCUT2D eigenvalue weighted by atomic mass is 35.5. The number of aryl methyl sites for hydroxylation is 1. The van der Waals surface area contributed by atoms with E-state index >= 15 is 0 Å². The van der Waals surface area contributed by atoms with Crippen molar-refractivity contribution in [2.75, 3.05) is 5.73 Å². The lowest BCUT2D eigenvalue weighted by Crippen LogP contribution is -2.27. The molecular weight excluding hydrogens is 324 g/mol. The average molecular weight is 345 g/mol. The Balaban J connectivity index is 2.17. The van der Waals surface area contributed by atoms with Crippen molar-refractivity contribution >= 4 is 28.3 Å². The Morgan fingerprint density at radius 1 is 1.17 bits per heavy atom. The van der Waals surface area contributed by atoms with E-state index in [-0.39, 0.29) is 16.3 Å². The molecule has 0 fully saturated rings. The number of nitrogen functional groups attached to an aromatic ring is 1. The summed E-state index contributed by atoms with van der Waals surface area (Å²) in [6.45, 7) is 7.02. The van der Waals surface area contributed by atoms with Crippen LogP contribution in [0.5, 0.6) is 0 Å². The van der Waals surface area contributed by atoms with Gasteiger partial charge in [0, 0.05) is 19.2 Å². The Kier molecular flexibility index (Phi) is 3.92. The van der Waals surface area contributed by atoms with Crippen molar-refractivity contribution in [3.05, 3.63) is 46.0 Å². The van der Waals surface area contributed by atoms with Gasteiger partial charge >= 0.3 is 5.69 Å². The molecule has 0 aliphatic carbocycles. The molecule has 3 aromatic rings. The van der Waals surface area contributed by atoms with Crippen molar-refractivity contribution < 1.29 is 0 Å². The van der Waals surface area contributed by atoms with Gasteiger partial charge in [0.15, 0.2) is 5.15 Å². The van der Waals surface area contributed by atoms with Crippen LogP contribution in [0.2, 0.25) is 5.15 Å². The molecule has 1 aromatic carbocycles. The first-order chi connectivity index (χ1) is 11.2. The van der Waals surface area contributed by atoms with Gasteiger partial charge in [-0.05, 0) is 29.7 Å². The van der Waals surface area contributed by atoms with Crippen LogP contribution in [0.1, 0.15) is 20.8 Å². The van der Waals surface area contributed by atoms with Gasteiger partial charge in [-0.2, -0.15) is 0 Å². The number of anilines is 1. The Morgan fingerprint density at radius 3 is 2.50 bits per heavy atom. The van der Waals surface area contributed by atoms with Crippen molar-refractivity contribution in [3.8, 4) is 11.3 Å². The zero-order chi connectivity index (χ0) is 17.6. The Hall–Kier alpha value is -2.27. The minimum Gasteiger partial charge on any atom is -0.396 e. The highest BCUT2D eigenvalue weighted by molar-refractivity contribution is 6.31. The van der Waals surface area contributed by atoms with Crippen molar-refractivity contribution in [2.24, 2.45) is 12.5 Å². The SMILES string of the molecule is Cn1c(=O)n(CC(C)(C)C)c2ccc(-c3ccc(N)c(Cl)n3)cc21. The molecule has 6 heteroatoms. The number of pyridine rings is 1. The normalized spacial score (nSPS) is 12.0. The Labute approximate surface area is 145 Å². The summed E-state index contributed by atoms with van der Waals surface area (Å²) in [5.41, 5.74) is 9.59. The summed E-state index contributed by atoms with van der Waals surface area (Å²) in [5, 5.41) is 0.284.